The highest BCUT2D eigenvalue weighted by Crippen LogP contribution is 2.22. The first-order chi connectivity index (χ1) is 17.5. The Morgan fingerprint density at radius 2 is 1.70 bits per heavy atom. The Labute approximate surface area is 220 Å². The standard InChI is InChI=1S/C28H37N3O5S/c1-20-10-8-11-23(16-20)18-30(21(2)28(34)29-25-13-6-5-7-14-25)27(33)19-31(37(4,35)36)26-15-9-12-24(17-26)22(3)32/h8-12,15-17,21,25H,5-7,13-14,18-19H2,1-4H3,(H,29,34)/t21-/m1/s1. The minimum absolute atomic E-state index is 0.0847. The van der Waals surface area contributed by atoms with E-state index in [1.54, 1.807) is 25.1 Å². The molecule has 0 spiro atoms. The second-order valence-corrected chi connectivity index (χ2v) is 11.8. The van der Waals surface area contributed by atoms with Crippen molar-refractivity contribution in [2.45, 2.75) is 71.5 Å². The summed E-state index contributed by atoms with van der Waals surface area (Å²) in [6.45, 7) is 4.68. The second-order valence-electron chi connectivity index (χ2n) is 9.91. The summed E-state index contributed by atoms with van der Waals surface area (Å²) in [7, 11) is -3.86. The van der Waals surface area contributed by atoms with Crippen LogP contribution in [-0.4, -0.2) is 55.8 Å². The molecule has 0 saturated heterocycles. The molecule has 1 saturated carbocycles. The van der Waals surface area contributed by atoms with Crippen LogP contribution in [0.5, 0.6) is 0 Å². The van der Waals surface area contributed by atoms with Crippen molar-refractivity contribution >= 4 is 33.3 Å². The van der Waals surface area contributed by atoms with Crippen molar-refractivity contribution in [3.63, 3.8) is 0 Å². The number of aryl methyl sites for hydroxylation is 1. The highest BCUT2D eigenvalue weighted by molar-refractivity contribution is 7.92. The van der Waals surface area contributed by atoms with Gasteiger partial charge in [0.05, 0.1) is 11.9 Å². The number of hydrogen-bond donors (Lipinski definition) is 1. The summed E-state index contributed by atoms with van der Waals surface area (Å²) >= 11 is 0. The van der Waals surface area contributed by atoms with Crippen LogP contribution in [0.15, 0.2) is 48.5 Å². The molecule has 1 aliphatic carbocycles. The molecule has 0 bridgehead atoms. The quantitative estimate of drug-likeness (QED) is 0.473. The number of rotatable bonds is 10. The Kier molecular flexibility index (Phi) is 9.48. The van der Waals surface area contributed by atoms with Crippen LogP contribution in [0, 0.1) is 6.92 Å². The lowest BCUT2D eigenvalue weighted by Crippen LogP contribution is -2.53. The van der Waals surface area contributed by atoms with Crippen molar-refractivity contribution in [1.82, 2.24) is 10.2 Å². The van der Waals surface area contributed by atoms with E-state index in [0.717, 1.165) is 53.8 Å². The largest absolute Gasteiger partial charge is 0.352 e. The van der Waals surface area contributed by atoms with Crippen molar-refractivity contribution in [3.8, 4) is 0 Å². The fourth-order valence-electron chi connectivity index (χ4n) is 4.65. The molecule has 9 heteroatoms. The third-order valence-corrected chi connectivity index (χ3v) is 7.91. The highest BCUT2D eigenvalue weighted by Gasteiger charge is 2.31. The van der Waals surface area contributed by atoms with Gasteiger partial charge in [-0.2, -0.15) is 0 Å². The van der Waals surface area contributed by atoms with E-state index in [1.165, 1.54) is 17.9 Å². The molecule has 0 aliphatic heterocycles. The van der Waals surface area contributed by atoms with Crippen LogP contribution in [0.2, 0.25) is 0 Å². The summed E-state index contributed by atoms with van der Waals surface area (Å²) in [5.41, 5.74) is 2.42. The summed E-state index contributed by atoms with van der Waals surface area (Å²) in [4.78, 5) is 40.2. The van der Waals surface area contributed by atoms with E-state index >= 15 is 0 Å². The lowest BCUT2D eigenvalue weighted by molar-refractivity contribution is -0.139. The Morgan fingerprint density at radius 3 is 2.32 bits per heavy atom. The molecule has 2 aromatic carbocycles. The first-order valence-electron chi connectivity index (χ1n) is 12.7. The lowest BCUT2D eigenvalue weighted by Gasteiger charge is -2.33. The van der Waals surface area contributed by atoms with Crippen molar-refractivity contribution in [2.75, 3.05) is 17.1 Å². The second kappa shape index (κ2) is 12.4. The molecule has 1 fully saturated rings. The molecule has 2 amide bonds. The van der Waals surface area contributed by atoms with Gasteiger partial charge in [0.2, 0.25) is 21.8 Å². The molecule has 0 radical (unpaired) electrons. The predicted octanol–water partition coefficient (Wildman–Crippen LogP) is 3.83. The molecular weight excluding hydrogens is 490 g/mol. The van der Waals surface area contributed by atoms with E-state index in [1.807, 2.05) is 31.2 Å². The fourth-order valence-corrected chi connectivity index (χ4v) is 5.49. The lowest BCUT2D eigenvalue weighted by atomic mass is 9.95. The van der Waals surface area contributed by atoms with Crippen molar-refractivity contribution in [1.29, 1.82) is 0 Å². The van der Waals surface area contributed by atoms with Crippen LogP contribution >= 0.6 is 0 Å². The molecule has 1 aliphatic rings. The zero-order valence-corrected chi connectivity index (χ0v) is 22.9. The number of carbonyl (C=O) groups is 3. The van der Waals surface area contributed by atoms with E-state index < -0.39 is 28.5 Å². The van der Waals surface area contributed by atoms with E-state index in [0.29, 0.717) is 5.56 Å². The van der Waals surface area contributed by atoms with Crippen LogP contribution in [0.4, 0.5) is 5.69 Å². The summed E-state index contributed by atoms with van der Waals surface area (Å²) < 4.78 is 26.4. The SMILES string of the molecule is CC(=O)c1cccc(N(CC(=O)N(Cc2cccc(C)c2)[C@H](C)C(=O)NC2CCCCC2)S(C)(=O)=O)c1. The molecule has 1 atom stereocenters. The van der Waals surface area contributed by atoms with Crippen molar-refractivity contribution in [3.05, 3.63) is 65.2 Å². The van der Waals surface area contributed by atoms with Crippen molar-refractivity contribution < 1.29 is 22.8 Å². The summed E-state index contributed by atoms with van der Waals surface area (Å²) in [6.07, 6.45) is 6.13. The molecule has 37 heavy (non-hydrogen) atoms. The van der Waals surface area contributed by atoms with Gasteiger partial charge in [-0.3, -0.25) is 18.7 Å². The molecular formula is C28H37N3O5S. The number of nitrogens with one attached hydrogen (secondary N) is 1. The number of carbonyl (C=O) groups excluding carboxylic acids is 3. The van der Waals surface area contributed by atoms with Gasteiger partial charge in [0.25, 0.3) is 0 Å². The number of amides is 2. The maximum Gasteiger partial charge on any atom is 0.244 e. The third-order valence-electron chi connectivity index (χ3n) is 6.77. The normalized spacial score (nSPS) is 15.0. The zero-order chi connectivity index (χ0) is 27.2. The summed E-state index contributed by atoms with van der Waals surface area (Å²) in [6, 6.07) is 13.1. The van der Waals surface area contributed by atoms with Gasteiger partial charge < -0.3 is 10.2 Å². The molecule has 200 valence electrons. The topological polar surface area (TPSA) is 104 Å². The van der Waals surface area contributed by atoms with Gasteiger partial charge in [0.15, 0.2) is 5.78 Å². The van der Waals surface area contributed by atoms with Gasteiger partial charge in [-0.25, -0.2) is 8.42 Å². The molecule has 0 aromatic heterocycles. The van der Waals surface area contributed by atoms with Crippen LogP contribution in [0.3, 0.4) is 0 Å². The maximum absolute atomic E-state index is 13.7. The number of benzene rings is 2. The number of sulfonamides is 1. The minimum atomic E-state index is -3.86. The van der Waals surface area contributed by atoms with Gasteiger partial charge in [-0.05, 0) is 51.3 Å². The first kappa shape index (κ1) is 28.4. The van der Waals surface area contributed by atoms with E-state index in [-0.39, 0.29) is 30.0 Å². The molecule has 2 aromatic rings. The van der Waals surface area contributed by atoms with Gasteiger partial charge in [0, 0.05) is 18.2 Å². The highest BCUT2D eigenvalue weighted by atomic mass is 32.2. The van der Waals surface area contributed by atoms with Crippen LogP contribution in [0.1, 0.15) is 67.4 Å². The third kappa shape index (κ3) is 7.89. The molecule has 3 rings (SSSR count). The van der Waals surface area contributed by atoms with Gasteiger partial charge in [-0.15, -0.1) is 0 Å². The number of nitrogens with zero attached hydrogens (tertiary/aromatic N) is 2. The van der Waals surface area contributed by atoms with Crippen LogP contribution in [0.25, 0.3) is 0 Å². The molecule has 0 heterocycles. The smallest absolute Gasteiger partial charge is 0.244 e. The molecule has 1 N–H and O–H groups in total. The summed E-state index contributed by atoms with van der Waals surface area (Å²) in [5, 5.41) is 3.08. The van der Waals surface area contributed by atoms with E-state index in [2.05, 4.69) is 5.32 Å². The Morgan fingerprint density at radius 1 is 1.03 bits per heavy atom. The fraction of sp³-hybridized carbons (Fsp3) is 0.464. The average Bonchev–Trinajstić information content (AvgIpc) is 2.85. The van der Waals surface area contributed by atoms with Gasteiger partial charge >= 0.3 is 0 Å². The van der Waals surface area contributed by atoms with E-state index in [9.17, 15) is 22.8 Å². The number of hydrogen-bond acceptors (Lipinski definition) is 5. The summed E-state index contributed by atoms with van der Waals surface area (Å²) in [5.74, 6) is -0.973. The van der Waals surface area contributed by atoms with Crippen molar-refractivity contribution in [2.24, 2.45) is 0 Å². The number of anilines is 1. The van der Waals surface area contributed by atoms with E-state index in [4.69, 9.17) is 0 Å². The Bertz CT molecular complexity index is 1240. The number of Topliss-reactive ketones (excluding diaryl/α,β-unsaturated/α-hetero) is 1. The molecule has 8 nitrogen and oxygen atoms in total. The van der Waals surface area contributed by atoms with Crippen LogP contribution in [-0.2, 0) is 26.2 Å². The van der Waals surface area contributed by atoms with Gasteiger partial charge in [0.1, 0.15) is 12.6 Å². The Hall–Kier alpha value is -3.20. The first-order valence-corrected chi connectivity index (χ1v) is 14.5. The maximum atomic E-state index is 13.7. The minimum Gasteiger partial charge on any atom is -0.352 e. The zero-order valence-electron chi connectivity index (χ0n) is 22.1. The van der Waals surface area contributed by atoms with Crippen LogP contribution < -0.4 is 9.62 Å². The Balaban J connectivity index is 1.90. The number of ketones is 1. The monoisotopic (exact) mass is 527 g/mol. The predicted molar refractivity (Wildman–Crippen MR) is 145 cm³/mol. The molecule has 0 unspecified atom stereocenters. The van der Waals surface area contributed by atoms with Gasteiger partial charge in [-0.1, -0.05) is 61.2 Å². The average molecular weight is 528 g/mol.